The third-order valence-electron chi connectivity index (χ3n) is 5.37. The van der Waals surface area contributed by atoms with Gasteiger partial charge in [-0.3, -0.25) is 9.78 Å². The molecule has 148 valence electrons. The van der Waals surface area contributed by atoms with Gasteiger partial charge >= 0.3 is 0 Å². The first-order chi connectivity index (χ1) is 14.1. The highest BCUT2D eigenvalue weighted by molar-refractivity contribution is 5.93. The van der Waals surface area contributed by atoms with Gasteiger partial charge in [0.15, 0.2) is 5.82 Å². The predicted molar refractivity (Wildman–Crippen MR) is 115 cm³/mol. The van der Waals surface area contributed by atoms with Crippen LogP contribution in [0, 0.1) is 19.8 Å². The number of hydrogen-bond donors (Lipinski definition) is 1. The van der Waals surface area contributed by atoms with Crippen LogP contribution in [0.3, 0.4) is 0 Å². The van der Waals surface area contributed by atoms with E-state index in [-0.39, 0.29) is 11.8 Å². The summed E-state index contributed by atoms with van der Waals surface area (Å²) in [6.07, 6.45) is 5.35. The lowest BCUT2D eigenvalue weighted by atomic mass is 9.96. The van der Waals surface area contributed by atoms with Crippen molar-refractivity contribution >= 4 is 17.4 Å². The number of amides is 1. The molecule has 0 radical (unpaired) electrons. The molecule has 0 saturated carbocycles. The van der Waals surface area contributed by atoms with E-state index in [1.54, 1.807) is 12.4 Å². The lowest BCUT2D eigenvalue weighted by Crippen LogP contribution is -2.41. The van der Waals surface area contributed by atoms with Gasteiger partial charge in [0.2, 0.25) is 5.91 Å². The number of nitrogens with one attached hydrogen (secondary N) is 1. The van der Waals surface area contributed by atoms with E-state index in [1.807, 2.05) is 50.2 Å². The van der Waals surface area contributed by atoms with E-state index in [4.69, 9.17) is 0 Å². The van der Waals surface area contributed by atoms with Crippen LogP contribution < -0.4 is 10.2 Å². The first kappa shape index (κ1) is 19.1. The molecule has 0 aliphatic carbocycles. The van der Waals surface area contributed by atoms with Gasteiger partial charge in [0.25, 0.3) is 0 Å². The number of carbonyl (C=O) groups excluding carboxylic acids is 1. The van der Waals surface area contributed by atoms with Gasteiger partial charge in [-0.1, -0.05) is 12.1 Å². The Morgan fingerprint density at radius 2 is 2.03 bits per heavy atom. The fourth-order valence-electron chi connectivity index (χ4n) is 3.67. The fraction of sp³-hybridized carbons (Fsp3) is 0.304. The Morgan fingerprint density at radius 3 is 2.79 bits per heavy atom. The average molecular weight is 387 g/mol. The Balaban J connectivity index is 1.44. The molecule has 3 heterocycles. The molecular weight excluding hydrogens is 362 g/mol. The number of pyridine rings is 1. The lowest BCUT2D eigenvalue weighted by molar-refractivity contribution is -0.120. The molecule has 1 unspecified atom stereocenters. The lowest BCUT2D eigenvalue weighted by Gasteiger charge is -2.32. The summed E-state index contributed by atoms with van der Waals surface area (Å²) < 4.78 is 0. The number of piperidine rings is 1. The van der Waals surface area contributed by atoms with Gasteiger partial charge < -0.3 is 10.2 Å². The van der Waals surface area contributed by atoms with Gasteiger partial charge in [0.05, 0.1) is 11.6 Å². The Morgan fingerprint density at radius 1 is 1.14 bits per heavy atom. The zero-order chi connectivity index (χ0) is 20.2. The molecule has 1 aliphatic heterocycles. The number of rotatable bonds is 4. The summed E-state index contributed by atoms with van der Waals surface area (Å²) in [5.41, 5.74) is 4.85. The van der Waals surface area contributed by atoms with Crippen molar-refractivity contribution in [2.24, 2.45) is 5.92 Å². The Labute approximate surface area is 171 Å². The van der Waals surface area contributed by atoms with E-state index in [0.717, 1.165) is 53.3 Å². The van der Waals surface area contributed by atoms with Gasteiger partial charge in [0, 0.05) is 36.7 Å². The topological polar surface area (TPSA) is 71.0 Å². The number of aryl methyl sites for hydroxylation is 2. The largest absolute Gasteiger partial charge is 0.354 e. The fourth-order valence-corrected chi connectivity index (χ4v) is 3.67. The summed E-state index contributed by atoms with van der Waals surface area (Å²) in [6.45, 7) is 5.58. The van der Waals surface area contributed by atoms with Gasteiger partial charge in [-0.2, -0.15) is 0 Å². The minimum Gasteiger partial charge on any atom is -0.354 e. The van der Waals surface area contributed by atoms with E-state index in [9.17, 15) is 4.79 Å². The first-order valence-corrected chi connectivity index (χ1v) is 9.97. The van der Waals surface area contributed by atoms with Crippen molar-refractivity contribution < 1.29 is 4.79 Å². The van der Waals surface area contributed by atoms with Crippen LogP contribution in [0.25, 0.3) is 11.3 Å². The van der Waals surface area contributed by atoms with Crippen molar-refractivity contribution in [3.8, 4) is 11.3 Å². The summed E-state index contributed by atoms with van der Waals surface area (Å²) in [6, 6.07) is 13.9. The summed E-state index contributed by atoms with van der Waals surface area (Å²) in [5.74, 6) is 0.814. The summed E-state index contributed by atoms with van der Waals surface area (Å²) in [7, 11) is 0. The number of anilines is 2. The highest BCUT2D eigenvalue weighted by atomic mass is 16.1. The second-order valence-corrected chi connectivity index (χ2v) is 7.61. The van der Waals surface area contributed by atoms with E-state index < -0.39 is 0 Å². The van der Waals surface area contributed by atoms with Crippen molar-refractivity contribution in [3.63, 3.8) is 0 Å². The molecule has 0 bridgehead atoms. The quantitative estimate of drug-likeness (QED) is 0.732. The van der Waals surface area contributed by atoms with E-state index in [2.05, 4.69) is 31.5 Å². The zero-order valence-electron chi connectivity index (χ0n) is 16.8. The van der Waals surface area contributed by atoms with Gasteiger partial charge in [-0.25, -0.2) is 0 Å². The van der Waals surface area contributed by atoms with Gasteiger partial charge in [-0.05, 0) is 68.1 Å². The maximum absolute atomic E-state index is 12.9. The molecule has 2 aromatic heterocycles. The van der Waals surface area contributed by atoms with E-state index in [1.165, 1.54) is 0 Å². The first-order valence-electron chi connectivity index (χ1n) is 9.97. The molecule has 1 N–H and O–H groups in total. The molecule has 1 fully saturated rings. The van der Waals surface area contributed by atoms with Gasteiger partial charge in [0.1, 0.15) is 0 Å². The zero-order valence-corrected chi connectivity index (χ0v) is 16.8. The van der Waals surface area contributed by atoms with Crippen molar-refractivity contribution in [2.45, 2.75) is 26.7 Å². The average Bonchev–Trinajstić information content (AvgIpc) is 2.77. The van der Waals surface area contributed by atoms with Crippen LogP contribution in [-0.4, -0.2) is 34.2 Å². The molecule has 6 heteroatoms. The summed E-state index contributed by atoms with van der Waals surface area (Å²) in [4.78, 5) is 19.1. The van der Waals surface area contributed by atoms with Crippen molar-refractivity contribution in [2.75, 3.05) is 23.3 Å². The van der Waals surface area contributed by atoms with Crippen LogP contribution in [0.4, 0.5) is 11.5 Å². The van der Waals surface area contributed by atoms with Crippen LogP contribution in [-0.2, 0) is 4.79 Å². The number of nitrogens with zero attached hydrogens (tertiary/aromatic N) is 4. The van der Waals surface area contributed by atoms with Crippen LogP contribution in [0.15, 0.2) is 54.9 Å². The predicted octanol–water partition coefficient (Wildman–Crippen LogP) is 4.01. The van der Waals surface area contributed by atoms with Crippen LogP contribution >= 0.6 is 0 Å². The molecule has 3 aromatic rings. The maximum atomic E-state index is 12.9. The Kier molecular flexibility index (Phi) is 5.51. The molecule has 1 aliphatic rings. The molecule has 0 spiro atoms. The number of benzene rings is 1. The van der Waals surface area contributed by atoms with Crippen LogP contribution in [0.1, 0.15) is 24.0 Å². The second-order valence-electron chi connectivity index (χ2n) is 7.61. The molecule has 6 nitrogen and oxygen atoms in total. The number of aromatic nitrogens is 3. The summed E-state index contributed by atoms with van der Waals surface area (Å²) in [5, 5.41) is 11.9. The molecule has 1 aromatic carbocycles. The number of carbonyl (C=O) groups is 1. The second kappa shape index (κ2) is 8.39. The smallest absolute Gasteiger partial charge is 0.229 e. The SMILES string of the molecule is Cc1ccc(C)c(NC(=O)C2CCCN(c3ccc(-c4cccnc4)nn3)C2)c1. The third-order valence-corrected chi connectivity index (χ3v) is 5.37. The van der Waals surface area contributed by atoms with E-state index >= 15 is 0 Å². The van der Waals surface area contributed by atoms with Gasteiger partial charge in [-0.15, -0.1) is 10.2 Å². The van der Waals surface area contributed by atoms with Crippen molar-refractivity contribution in [1.29, 1.82) is 0 Å². The molecule has 29 heavy (non-hydrogen) atoms. The Hall–Kier alpha value is -3.28. The van der Waals surface area contributed by atoms with Crippen molar-refractivity contribution in [3.05, 3.63) is 66.0 Å². The highest BCUT2D eigenvalue weighted by Gasteiger charge is 2.27. The third kappa shape index (κ3) is 4.42. The maximum Gasteiger partial charge on any atom is 0.229 e. The minimum absolute atomic E-state index is 0.0662. The molecule has 1 atom stereocenters. The molecule has 4 rings (SSSR count). The van der Waals surface area contributed by atoms with Crippen molar-refractivity contribution in [1.82, 2.24) is 15.2 Å². The summed E-state index contributed by atoms with van der Waals surface area (Å²) >= 11 is 0. The molecule has 1 saturated heterocycles. The number of hydrogen-bond acceptors (Lipinski definition) is 5. The Bertz CT molecular complexity index is 988. The van der Waals surface area contributed by atoms with E-state index in [0.29, 0.717) is 6.54 Å². The normalized spacial score (nSPS) is 16.5. The standard InChI is InChI=1S/C23H25N5O/c1-16-7-8-17(2)21(13-16)25-23(29)19-6-4-12-28(15-19)22-10-9-20(26-27-22)18-5-3-11-24-14-18/h3,5,7-11,13-14,19H,4,6,12,15H2,1-2H3,(H,25,29). The monoisotopic (exact) mass is 387 g/mol. The minimum atomic E-state index is -0.0662. The molecule has 1 amide bonds. The van der Waals surface area contributed by atoms with Crippen LogP contribution in [0.2, 0.25) is 0 Å². The van der Waals surface area contributed by atoms with Crippen LogP contribution in [0.5, 0.6) is 0 Å². The molecular formula is C23H25N5O. The highest BCUT2D eigenvalue weighted by Crippen LogP contribution is 2.25.